The van der Waals surface area contributed by atoms with Crippen LogP contribution in [-0.2, 0) is 9.59 Å². The zero-order valence-corrected chi connectivity index (χ0v) is 10.8. The minimum Gasteiger partial charge on any atom is -0.326 e. The summed E-state index contributed by atoms with van der Waals surface area (Å²) in [5.41, 5.74) is 5.69. The molecular weight excluding hydrogens is 230 g/mol. The minimum absolute atomic E-state index is 0.147. The Hall–Kier alpha value is -2.17. The second-order valence-corrected chi connectivity index (χ2v) is 4.07. The average molecular weight is 247 g/mol. The predicted octanol–water partition coefficient (Wildman–Crippen LogP) is 1.75. The molecule has 2 amide bonds. The van der Waals surface area contributed by atoms with Gasteiger partial charge < -0.3 is 5.32 Å². The van der Waals surface area contributed by atoms with Crippen LogP contribution in [0.25, 0.3) is 0 Å². The Labute approximate surface area is 106 Å². The molecule has 0 heterocycles. The van der Waals surface area contributed by atoms with Gasteiger partial charge in [0.2, 0.25) is 12.3 Å². The molecule has 0 saturated carbocycles. The van der Waals surface area contributed by atoms with Gasteiger partial charge in [-0.3, -0.25) is 9.59 Å². The predicted molar refractivity (Wildman–Crippen MR) is 71.5 cm³/mol. The molecule has 1 aromatic carbocycles. The fourth-order valence-electron chi connectivity index (χ4n) is 1.49. The first-order valence-electron chi connectivity index (χ1n) is 5.63. The monoisotopic (exact) mass is 247 g/mol. The highest BCUT2D eigenvalue weighted by Crippen LogP contribution is 2.17. The van der Waals surface area contributed by atoms with E-state index in [1.54, 1.807) is 6.92 Å². The molecule has 0 aliphatic carbocycles. The summed E-state index contributed by atoms with van der Waals surface area (Å²) in [7, 11) is 0. The van der Waals surface area contributed by atoms with E-state index in [0.717, 1.165) is 16.8 Å². The largest absolute Gasteiger partial charge is 0.326 e. The summed E-state index contributed by atoms with van der Waals surface area (Å²) < 4.78 is 0. The van der Waals surface area contributed by atoms with Crippen LogP contribution in [0.5, 0.6) is 0 Å². The van der Waals surface area contributed by atoms with Crippen LogP contribution in [0.3, 0.4) is 0 Å². The van der Waals surface area contributed by atoms with Gasteiger partial charge in [-0.2, -0.15) is 5.10 Å². The highest BCUT2D eigenvalue weighted by Gasteiger charge is 2.07. The molecule has 0 unspecified atom stereocenters. The van der Waals surface area contributed by atoms with E-state index in [0.29, 0.717) is 12.1 Å². The number of nitrogens with zero attached hydrogens (tertiary/aromatic N) is 1. The van der Waals surface area contributed by atoms with Gasteiger partial charge in [0, 0.05) is 11.4 Å². The van der Waals surface area contributed by atoms with E-state index in [1.807, 2.05) is 32.0 Å². The first-order valence-corrected chi connectivity index (χ1v) is 5.63. The molecule has 0 fully saturated rings. The molecule has 5 nitrogen and oxygen atoms in total. The topological polar surface area (TPSA) is 70.6 Å². The summed E-state index contributed by atoms with van der Waals surface area (Å²) in [5, 5.41) is 6.52. The molecule has 0 saturated heterocycles. The van der Waals surface area contributed by atoms with Crippen molar-refractivity contribution in [3.05, 3.63) is 29.3 Å². The number of benzene rings is 1. The maximum atomic E-state index is 11.7. The standard InChI is InChI=1S/C13H17N3O2/c1-9-5-4-6-12(11(9)3)15-13(18)7-10(2)16-14-8-17/h4-6,8H,7H2,1-3H3,(H,14,17)(H,15,18)/b16-10+. The van der Waals surface area contributed by atoms with Crippen LogP contribution >= 0.6 is 0 Å². The number of carbonyl (C=O) groups is 2. The number of hydrazone groups is 1. The summed E-state index contributed by atoms with van der Waals surface area (Å²) in [6.45, 7) is 5.63. The fraction of sp³-hybridized carbons (Fsp3) is 0.308. The van der Waals surface area contributed by atoms with Crippen LogP contribution in [0.15, 0.2) is 23.3 Å². The van der Waals surface area contributed by atoms with E-state index >= 15 is 0 Å². The number of carbonyl (C=O) groups excluding carboxylic acids is 2. The first-order chi connectivity index (χ1) is 8.54. The average Bonchev–Trinajstić information content (AvgIpc) is 2.32. The lowest BCUT2D eigenvalue weighted by Gasteiger charge is -2.10. The van der Waals surface area contributed by atoms with Crippen molar-refractivity contribution in [1.29, 1.82) is 0 Å². The molecule has 0 spiro atoms. The van der Waals surface area contributed by atoms with Gasteiger partial charge in [-0.05, 0) is 38.0 Å². The zero-order valence-electron chi connectivity index (χ0n) is 10.8. The van der Waals surface area contributed by atoms with Crippen molar-refractivity contribution in [3.63, 3.8) is 0 Å². The van der Waals surface area contributed by atoms with Gasteiger partial charge in [0.25, 0.3) is 0 Å². The van der Waals surface area contributed by atoms with Crippen LogP contribution < -0.4 is 10.7 Å². The maximum absolute atomic E-state index is 11.7. The second-order valence-electron chi connectivity index (χ2n) is 4.07. The first kappa shape index (κ1) is 13.9. The fourth-order valence-corrected chi connectivity index (χ4v) is 1.49. The van der Waals surface area contributed by atoms with Crippen molar-refractivity contribution in [2.24, 2.45) is 5.10 Å². The van der Waals surface area contributed by atoms with Gasteiger partial charge in [0.1, 0.15) is 0 Å². The molecule has 0 aliphatic heterocycles. The Morgan fingerprint density at radius 3 is 2.78 bits per heavy atom. The summed E-state index contributed by atoms with van der Waals surface area (Å²) in [6.07, 6.45) is 0.611. The van der Waals surface area contributed by atoms with Crippen molar-refractivity contribution in [2.45, 2.75) is 27.2 Å². The number of nitrogens with one attached hydrogen (secondary N) is 2. The quantitative estimate of drug-likeness (QED) is 0.473. The number of hydrogen-bond donors (Lipinski definition) is 2. The van der Waals surface area contributed by atoms with E-state index in [2.05, 4.69) is 15.8 Å². The Morgan fingerprint density at radius 1 is 1.39 bits per heavy atom. The lowest BCUT2D eigenvalue weighted by Crippen LogP contribution is -2.17. The van der Waals surface area contributed by atoms with Crippen molar-refractivity contribution < 1.29 is 9.59 Å². The molecule has 5 heteroatoms. The molecule has 0 aromatic heterocycles. The molecule has 0 bridgehead atoms. The van der Waals surface area contributed by atoms with Crippen molar-refractivity contribution in [2.75, 3.05) is 5.32 Å². The van der Waals surface area contributed by atoms with E-state index in [9.17, 15) is 9.59 Å². The van der Waals surface area contributed by atoms with E-state index in [-0.39, 0.29) is 12.3 Å². The summed E-state index contributed by atoms with van der Waals surface area (Å²) in [4.78, 5) is 21.8. The van der Waals surface area contributed by atoms with Crippen LogP contribution in [-0.4, -0.2) is 18.0 Å². The van der Waals surface area contributed by atoms with Crippen LogP contribution in [0.2, 0.25) is 0 Å². The smallest absolute Gasteiger partial charge is 0.230 e. The van der Waals surface area contributed by atoms with Crippen LogP contribution in [0.1, 0.15) is 24.5 Å². The SMILES string of the molecule is C/C(CC(=O)Nc1cccc(C)c1C)=N\NC=O. The van der Waals surface area contributed by atoms with Crippen LogP contribution in [0.4, 0.5) is 5.69 Å². The normalized spacial score (nSPS) is 10.9. The zero-order chi connectivity index (χ0) is 13.5. The molecule has 0 aliphatic rings. The lowest BCUT2D eigenvalue weighted by atomic mass is 10.1. The third-order valence-electron chi connectivity index (χ3n) is 2.60. The lowest BCUT2D eigenvalue weighted by molar-refractivity contribution is -0.115. The number of amides is 2. The van der Waals surface area contributed by atoms with Gasteiger partial charge in [-0.15, -0.1) is 0 Å². The van der Waals surface area contributed by atoms with Gasteiger partial charge >= 0.3 is 0 Å². The molecular formula is C13H17N3O2. The van der Waals surface area contributed by atoms with E-state index < -0.39 is 0 Å². The van der Waals surface area contributed by atoms with E-state index in [4.69, 9.17) is 0 Å². The number of rotatable bonds is 5. The van der Waals surface area contributed by atoms with Gasteiger partial charge in [-0.1, -0.05) is 12.1 Å². The molecule has 1 aromatic rings. The third kappa shape index (κ3) is 4.01. The van der Waals surface area contributed by atoms with Crippen molar-refractivity contribution >= 4 is 23.7 Å². The van der Waals surface area contributed by atoms with Crippen molar-refractivity contribution in [3.8, 4) is 0 Å². The number of aryl methyl sites for hydroxylation is 1. The molecule has 1 rings (SSSR count). The highest BCUT2D eigenvalue weighted by atomic mass is 16.1. The summed E-state index contributed by atoms with van der Waals surface area (Å²) in [5.74, 6) is -0.155. The molecule has 0 radical (unpaired) electrons. The molecule has 18 heavy (non-hydrogen) atoms. The summed E-state index contributed by atoms with van der Waals surface area (Å²) in [6, 6.07) is 5.74. The van der Waals surface area contributed by atoms with Crippen LogP contribution in [0, 0.1) is 13.8 Å². The van der Waals surface area contributed by atoms with E-state index in [1.165, 1.54) is 0 Å². The Kier molecular flexibility index (Phi) is 5.05. The highest BCUT2D eigenvalue weighted by molar-refractivity contribution is 6.05. The van der Waals surface area contributed by atoms with Gasteiger partial charge in [0.05, 0.1) is 6.42 Å². The second kappa shape index (κ2) is 6.54. The van der Waals surface area contributed by atoms with Gasteiger partial charge in [0.15, 0.2) is 0 Å². The maximum Gasteiger partial charge on any atom is 0.230 e. The third-order valence-corrected chi connectivity index (χ3v) is 2.60. The number of anilines is 1. The molecule has 2 N–H and O–H groups in total. The molecule has 96 valence electrons. The summed E-state index contributed by atoms with van der Waals surface area (Å²) >= 11 is 0. The Bertz CT molecular complexity index is 481. The van der Waals surface area contributed by atoms with Gasteiger partial charge in [-0.25, -0.2) is 5.43 Å². The minimum atomic E-state index is -0.155. The molecule has 0 atom stereocenters. The Morgan fingerprint density at radius 2 is 2.11 bits per heavy atom. The van der Waals surface area contributed by atoms with Crippen molar-refractivity contribution in [1.82, 2.24) is 5.43 Å². The number of hydrogen-bond acceptors (Lipinski definition) is 3. The Balaban J connectivity index is 2.65.